The average molecular weight is 248 g/mol. The van der Waals surface area contributed by atoms with Gasteiger partial charge < -0.3 is 0 Å². The highest BCUT2D eigenvalue weighted by molar-refractivity contribution is 9.09. The molecular weight excluding hydrogens is 236 g/mol. The number of hydrogen-bond acceptors (Lipinski definition) is 0. The van der Waals surface area contributed by atoms with Crippen molar-refractivity contribution in [3.63, 3.8) is 0 Å². The van der Waals surface area contributed by atoms with Crippen molar-refractivity contribution in [3.05, 3.63) is 67.0 Å². The average Bonchev–Trinajstić information content (AvgIpc) is 2.72. The number of rotatable bonds is 3. The molecule has 0 amide bonds. The first-order valence-corrected chi connectivity index (χ1v) is 5.89. The molecule has 1 aliphatic rings. The Kier molecular flexibility index (Phi) is 3.63. The molecule has 71 valence electrons. The van der Waals surface area contributed by atoms with Gasteiger partial charge in [0.1, 0.15) is 0 Å². The van der Waals surface area contributed by atoms with E-state index in [9.17, 15) is 0 Å². The smallest absolute Gasteiger partial charge is 0.0124 e. The maximum Gasteiger partial charge on any atom is 0.0124 e. The second-order valence-corrected chi connectivity index (χ2v) is 4.10. The molecule has 1 fully saturated rings. The van der Waals surface area contributed by atoms with Crippen molar-refractivity contribution in [1.29, 1.82) is 0 Å². The van der Waals surface area contributed by atoms with Gasteiger partial charge in [-0.2, -0.15) is 0 Å². The minimum Gasteiger partial charge on any atom is -0.0924 e. The van der Waals surface area contributed by atoms with Gasteiger partial charge >= 0.3 is 0 Å². The summed E-state index contributed by atoms with van der Waals surface area (Å²) in [6, 6.07) is 8.77. The van der Waals surface area contributed by atoms with Gasteiger partial charge in [-0.1, -0.05) is 40.2 Å². The molecule has 0 bridgehead atoms. The summed E-state index contributed by atoms with van der Waals surface area (Å²) in [6.07, 6.45) is 9.52. The first-order chi connectivity index (χ1) is 6.90. The molecule has 0 aromatic heterocycles. The number of halogens is 1. The van der Waals surface area contributed by atoms with Gasteiger partial charge in [-0.15, -0.1) is 0 Å². The van der Waals surface area contributed by atoms with Crippen LogP contribution in [0.1, 0.15) is 11.1 Å². The zero-order valence-electron chi connectivity index (χ0n) is 7.91. The molecule has 1 aromatic rings. The number of aryl methyl sites for hydroxylation is 1. The molecule has 0 N–H and O–H groups in total. The molecule has 0 atom stereocenters. The zero-order valence-corrected chi connectivity index (χ0v) is 9.50. The number of alkyl halides is 1. The Bertz CT molecular complexity index is 270. The van der Waals surface area contributed by atoms with Crippen LogP contribution in [0.5, 0.6) is 0 Å². The lowest BCUT2D eigenvalue weighted by atomic mass is 9.96. The zero-order chi connectivity index (χ0) is 9.80. The molecule has 0 spiro atoms. The summed E-state index contributed by atoms with van der Waals surface area (Å²) < 4.78 is 0. The van der Waals surface area contributed by atoms with Gasteiger partial charge in [0.2, 0.25) is 0 Å². The fourth-order valence-corrected chi connectivity index (χ4v) is 2.00. The highest BCUT2D eigenvalue weighted by Gasteiger charge is 2.18. The van der Waals surface area contributed by atoms with Crippen LogP contribution in [0.15, 0.2) is 24.3 Å². The lowest BCUT2D eigenvalue weighted by Gasteiger charge is -2.08. The van der Waals surface area contributed by atoms with Crippen LogP contribution in [0.2, 0.25) is 0 Å². The predicted octanol–water partition coefficient (Wildman–Crippen LogP) is 3.38. The summed E-state index contributed by atoms with van der Waals surface area (Å²) >= 11 is 3.44. The fraction of sp³-hybridized carbons (Fsp3) is 0.154. The van der Waals surface area contributed by atoms with E-state index in [2.05, 4.69) is 65.9 Å². The molecule has 0 heterocycles. The molecular formula is C13H12Br. The highest BCUT2D eigenvalue weighted by Crippen LogP contribution is 2.29. The van der Waals surface area contributed by atoms with E-state index in [1.165, 1.54) is 17.0 Å². The Morgan fingerprint density at radius 3 is 2.14 bits per heavy atom. The standard InChI is InChI=1S/C13H12Br/c14-10-9-11-5-7-13(8-6-11)12-3-1-2-4-12/h1-8H,9-10H2. The Hall–Kier alpha value is -0.300. The first-order valence-electron chi connectivity index (χ1n) is 4.77. The normalized spacial score (nSPS) is 17.5. The lowest BCUT2D eigenvalue weighted by molar-refractivity contribution is 1.16. The third kappa shape index (κ3) is 2.38. The van der Waals surface area contributed by atoms with E-state index in [1.54, 1.807) is 0 Å². The van der Waals surface area contributed by atoms with E-state index < -0.39 is 0 Å². The summed E-state index contributed by atoms with van der Waals surface area (Å²) in [5.74, 6) is 1.30. The molecule has 1 aliphatic carbocycles. The monoisotopic (exact) mass is 247 g/mol. The molecule has 0 saturated heterocycles. The van der Waals surface area contributed by atoms with Crippen molar-refractivity contribution >= 4 is 15.9 Å². The van der Waals surface area contributed by atoms with Gasteiger partial charge in [-0.3, -0.25) is 0 Å². The number of benzene rings is 1. The van der Waals surface area contributed by atoms with Crippen LogP contribution in [-0.2, 0) is 6.42 Å². The molecule has 2 rings (SSSR count). The minimum absolute atomic E-state index is 1.03. The van der Waals surface area contributed by atoms with Gasteiger partial charge in [0.25, 0.3) is 0 Å². The van der Waals surface area contributed by atoms with E-state index in [-0.39, 0.29) is 0 Å². The lowest BCUT2D eigenvalue weighted by Crippen LogP contribution is -1.95. The topological polar surface area (TPSA) is 0 Å². The van der Waals surface area contributed by atoms with E-state index in [0.29, 0.717) is 0 Å². The largest absolute Gasteiger partial charge is 0.0924 e. The Morgan fingerprint density at radius 2 is 1.57 bits per heavy atom. The SMILES string of the molecule is BrCCc1ccc([C]2[CH][CH][CH][CH]2)cc1. The maximum atomic E-state index is 3.44. The Balaban J connectivity index is 2.05. The van der Waals surface area contributed by atoms with E-state index in [1.807, 2.05) is 0 Å². The van der Waals surface area contributed by atoms with Gasteiger partial charge in [-0.25, -0.2) is 0 Å². The Morgan fingerprint density at radius 1 is 0.929 bits per heavy atom. The van der Waals surface area contributed by atoms with E-state index in [4.69, 9.17) is 0 Å². The van der Waals surface area contributed by atoms with Crippen LogP contribution in [0.3, 0.4) is 0 Å². The van der Waals surface area contributed by atoms with Gasteiger partial charge in [0, 0.05) is 11.2 Å². The van der Waals surface area contributed by atoms with Crippen molar-refractivity contribution in [2.24, 2.45) is 0 Å². The maximum absolute atomic E-state index is 3.44. The summed E-state index contributed by atoms with van der Waals surface area (Å²) in [6.45, 7) is 0. The molecule has 0 unspecified atom stereocenters. The molecule has 0 nitrogen and oxygen atoms in total. The van der Waals surface area contributed by atoms with E-state index in [0.717, 1.165) is 11.8 Å². The second-order valence-electron chi connectivity index (χ2n) is 3.31. The third-order valence-electron chi connectivity index (χ3n) is 2.33. The Labute approximate surface area is 94.8 Å². The third-order valence-corrected chi connectivity index (χ3v) is 2.73. The van der Waals surface area contributed by atoms with Gasteiger partial charge in [0.15, 0.2) is 0 Å². The van der Waals surface area contributed by atoms with Crippen LogP contribution in [0, 0.1) is 31.6 Å². The van der Waals surface area contributed by atoms with Gasteiger partial charge in [0.05, 0.1) is 0 Å². The number of hydrogen-bond donors (Lipinski definition) is 0. The summed E-state index contributed by atoms with van der Waals surface area (Å²) in [4.78, 5) is 0. The summed E-state index contributed by atoms with van der Waals surface area (Å²) in [5.41, 5.74) is 2.69. The predicted molar refractivity (Wildman–Crippen MR) is 63.5 cm³/mol. The van der Waals surface area contributed by atoms with Crippen LogP contribution in [-0.4, -0.2) is 5.33 Å². The van der Waals surface area contributed by atoms with Crippen LogP contribution < -0.4 is 0 Å². The first kappa shape index (κ1) is 10.2. The van der Waals surface area contributed by atoms with Crippen molar-refractivity contribution < 1.29 is 0 Å². The summed E-state index contributed by atoms with van der Waals surface area (Å²) in [5, 5.41) is 1.03. The molecule has 14 heavy (non-hydrogen) atoms. The van der Waals surface area contributed by atoms with Crippen LogP contribution >= 0.6 is 15.9 Å². The molecule has 1 aromatic carbocycles. The summed E-state index contributed by atoms with van der Waals surface area (Å²) in [7, 11) is 0. The molecule has 5 radical (unpaired) electrons. The molecule has 0 aliphatic heterocycles. The van der Waals surface area contributed by atoms with Crippen LogP contribution in [0.4, 0.5) is 0 Å². The highest BCUT2D eigenvalue weighted by atomic mass is 79.9. The van der Waals surface area contributed by atoms with Crippen LogP contribution in [0.25, 0.3) is 0 Å². The van der Waals surface area contributed by atoms with Crippen molar-refractivity contribution in [1.82, 2.24) is 0 Å². The quantitative estimate of drug-likeness (QED) is 0.719. The van der Waals surface area contributed by atoms with Crippen molar-refractivity contribution in [2.45, 2.75) is 6.42 Å². The van der Waals surface area contributed by atoms with Crippen molar-refractivity contribution in [2.75, 3.05) is 5.33 Å². The molecule has 1 saturated carbocycles. The van der Waals surface area contributed by atoms with Crippen molar-refractivity contribution in [3.8, 4) is 0 Å². The molecule has 1 heteroatoms. The van der Waals surface area contributed by atoms with Gasteiger partial charge in [-0.05, 0) is 43.2 Å². The van der Waals surface area contributed by atoms with E-state index >= 15 is 0 Å². The minimum atomic E-state index is 1.03. The fourth-order valence-electron chi connectivity index (χ4n) is 1.54. The second kappa shape index (κ2) is 4.97.